The largest absolute Gasteiger partial charge is 0.466 e. The predicted octanol–water partition coefficient (Wildman–Crippen LogP) is 3.73. The number of rotatable bonds is 7. The zero-order valence-electron chi connectivity index (χ0n) is 15.4. The third kappa shape index (κ3) is 4.80. The molecule has 0 bridgehead atoms. The summed E-state index contributed by atoms with van der Waals surface area (Å²) < 4.78 is 19.5. The standard InChI is InChI=1S/C19H19FN4O3S/c1-3-27-18(26)9-8-17(25)22-16-10-12(2)23-24(16)19-21-15(11-28-19)13-4-6-14(20)7-5-13/h4-7,10-11H,3,8-9H2,1-2H3,(H,22,25). The van der Waals surface area contributed by atoms with Gasteiger partial charge >= 0.3 is 5.97 Å². The van der Waals surface area contributed by atoms with Crippen LogP contribution in [0.25, 0.3) is 16.4 Å². The minimum atomic E-state index is -0.411. The van der Waals surface area contributed by atoms with Crippen molar-refractivity contribution in [3.05, 3.63) is 47.2 Å². The van der Waals surface area contributed by atoms with Crippen LogP contribution in [-0.4, -0.2) is 33.2 Å². The lowest BCUT2D eigenvalue weighted by molar-refractivity contribution is -0.144. The molecule has 2 aromatic heterocycles. The summed E-state index contributed by atoms with van der Waals surface area (Å²) in [4.78, 5) is 28.1. The number of ether oxygens (including phenoxy) is 1. The Bertz CT molecular complexity index is 981. The number of halogens is 1. The number of benzene rings is 1. The maximum absolute atomic E-state index is 13.1. The molecule has 0 atom stereocenters. The predicted molar refractivity (Wildman–Crippen MR) is 104 cm³/mol. The summed E-state index contributed by atoms with van der Waals surface area (Å²) in [6.07, 6.45) is 0.0283. The fraction of sp³-hybridized carbons (Fsp3) is 0.263. The van der Waals surface area contributed by atoms with Crippen LogP contribution in [0.15, 0.2) is 35.7 Å². The molecule has 0 saturated carbocycles. The highest BCUT2D eigenvalue weighted by molar-refractivity contribution is 7.12. The van der Waals surface area contributed by atoms with E-state index in [4.69, 9.17) is 4.74 Å². The Labute approximate surface area is 165 Å². The first kappa shape index (κ1) is 19.7. The molecule has 0 saturated heterocycles. The third-order valence-electron chi connectivity index (χ3n) is 3.77. The highest BCUT2D eigenvalue weighted by atomic mass is 32.1. The van der Waals surface area contributed by atoms with Gasteiger partial charge < -0.3 is 10.1 Å². The number of esters is 1. The van der Waals surface area contributed by atoms with Crippen LogP contribution < -0.4 is 5.32 Å². The maximum atomic E-state index is 13.1. The lowest BCUT2D eigenvalue weighted by atomic mass is 10.2. The van der Waals surface area contributed by atoms with Crippen LogP contribution in [0.4, 0.5) is 10.2 Å². The lowest BCUT2D eigenvalue weighted by Crippen LogP contribution is -2.16. The van der Waals surface area contributed by atoms with E-state index >= 15 is 0 Å². The van der Waals surface area contributed by atoms with Gasteiger partial charge in [0.2, 0.25) is 11.0 Å². The Morgan fingerprint density at radius 3 is 2.71 bits per heavy atom. The van der Waals surface area contributed by atoms with Crippen molar-refractivity contribution in [3.8, 4) is 16.4 Å². The van der Waals surface area contributed by atoms with Gasteiger partial charge in [0.25, 0.3) is 0 Å². The fourth-order valence-electron chi connectivity index (χ4n) is 2.50. The molecule has 0 aliphatic heterocycles. The van der Waals surface area contributed by atoms with E-state index in [1.165, 1.54) is 28.2 Å². The molecular formula is C19H19FN4O3S. The van der Waals surface area contributed by atoms with Crippen LogP contribution in [0.2, 0.25) is 0 Å². The molecule has 1 N–H and O–H groups in total. The van der Waals surface area contributed by atoms with E-state index in [-0.39, 0.29) is 31.2 Å². The van der Waals surface area contributed by atoms with Crippen molar-refractivity contribution in [3.63, 3.8) is 0 Å². The Kier molecular flexibility index (Phi) is 6.15. The Morgan fingerprint density at radius 1 is 1.25 bits per heavy atom. The third-order valence-corrected chi connectivity index (χ3v) is 4.59. The number of nitrogens with zero attached hydrogens (tertiary/aromatic N) is 3. The summed E-state index contributed by atoms with van der Waals surface area (Å²) in [6.45, 7) is 3.81. The van der Waals surface area contributed by atoms with Gasteiger partial charge in [-0.25, -0.2) is 9.37 Å². The van der Waals surface area contributed by atoms with Gasteiger partial charge in [-0.1, -0.05) is 0 Å². The van der Waals surface area contributed by atoms with Gasteiger partial charge in [-0.3, -0.25) is 9.59 Å². The summed E-state index contributed by atoms with van der Waals surface area (Å²) in [5, 5.41) is 9.53. The molecule has 9 heteroatoms. The van der Waals surface area contributed by atoms with Gasteiger partial charge in [0.15, 0.2) is 0 Å². The number of hydrogen-bond acceptors (Lipinski definition) is 6. The number of hydrogen-bond donors (Lipinski definition) is 1. The van der Waals surface area contributed by atoms with E-state index in [0.29, 0.717) is 22.3 Å². The van der Waals surface area contributed by atoms with E-state index in [1.807, 2.05) is 5.38 Å². The van der Waals surface area contributed by atoms with Crippen molar-refractivity contribution in [1.29, 1.82) is 0 Å². The van der Waals surface area contributed by atoms with Crippen molar-refractivity contribution in [2.45, 2.75) is 26.7 Å². The molecule has 3 rings (SSSR count). The van der Waals surface area contributed by atoms with E-state index < -0.39 is 5.97 Å². The van der Waals surface area contributed by atoms with Crippen LogP contribution >= 0.6 is 11.3 Å². The molecule has 2 heterocycles. The quantitative estimate of drug-likeness (QED) is 0.609. The van der Waals surface area contributed by atoms with Crippen LogP contribution in [0.5, 0.6) is 0 Å². The fourth-order valence-corrected chi connectivity index (χ4v) is 3.30. The van der Waals surface area contributed by atoms with E-state index in [1.54, 1.807) is 32.0 Å². The number of aromatic nitrogens is 3. The molecule has 3 aromatic rings. The van der Waals surface area contributed by atoms with Gasteiger partial charge in [0, 0.05) is 23.4 Å². The molecule has 7 nitrogen and oxygen atoms in total. The molecule has 0 unspecified atom stereocenters. The van der Waals surface area contributed by atoms with Crippen molar-refractivity contribution in [2.75, 3.05) is 11.9 Å². The number of nitrogens with one attached hydrogen (secondary N) is 1. The maximum Gasteiger partial charge on any atom is 0.306 e. The van der Waals surface area contributed by atoms with Crippen molar-refractivity contribution < 1.29 is 18.7 Å². The van der Waals surface area contributed by atoms with E-state index in [0.717, 1.165) is 5.56 Å². The monoisotopic (exact) mass is 402 g/mol. The molecule has 0 fully saturated rings. The summed E-state index contributed by atoms with van der Waals surface area (Å²) in [7, 11) is 0. The van der Waals surface area contributed by atoms with Crippen molar-refractivity contribution in [1.82, 2.24) is 14.8 Å². The van der Waals surface area contributed by atoms with Gasteiger partial charge in [-0.05, 0) is 38.1 Å². The van der Waals surface area contributed by atoms with Crippen molar-refractivity contribution in [2.24, 2.45) is 0 Å². The highest BCUT2D eigenvalue weighted by Gasteiger charge is 2.15. The molecule has 0 spiro atoms. The number of amides is 1. The summed E-state index contributed by atoms with van der Waals surface area (Å²) in [5.41, 5.74) is 2.18. The number of thiazole rings is 1. The molecule has 146 valence electrons. The molecule has 0 aliphatic rings. The zero-order valence-corrected chi connectivity index (χ0v) is 16.3. The average molecular weight is 402 g/mol. The molecule has 1 amide bonds. The molecular weight excluding hydrogens is 383 g/mol. The second kappa shape index (κ2) is 8.75. The minimum Gasteiger partial charge on any atom is -0.466 e. The van der Waals surface area contributed by atoms with Crippen molar-refractivity contribution >= 4 is 29.0 Å². The SMILES string of the molecule is CCOC(=O)CCC(=O)Nc1cc(C)nn1-c1nc(-c2ccc(F)cc2)cs1. The average Bonchev–Trinajstić information content (AvgIpc) is 3.27. The van der Waals surface area contributed by atoms with Gasteiger partial charge in [-0.2, -0.15) is 9.78 Å². The summed E-state index contributed by atoms with van der Waals surface area (Å²) >= 11 is 1.35. The number of carbonyl (C=O) groups excluding carboxylic acids is 2. The Morgan fingerprint density at radius 2 is 2.00 bits per heavy atom. The van der Waals surface area contributed by atoms with Gasteiger partial charge in [-0.15, -0.1) is 11.3 Å². The molecule has 0 aliphatic carbocycles. The number of aryl methyl sites for hydroxylation is 1. The molecule has 1 aromatic carbocycles. The second-order valence-electron chi connectivity index (χ2n) is 5.96. The first-order valence-electron chi connectivity index (χ1n) is 8.70. The molecule has 28 heavy (non-hydrogen) atoms. The van der Waals surface area contributed by atoms with Gasteiger partial charge in [0.1, 0.15) is 11.6 Å². The first-order chi connectivity index (χ1) is 13.5. The highest BCUT2D eigenvalue weighted by Crippen LogP contribution is 2.26. The number of carbonyl (C=O) groups is 2. The van der Waals surface area contributed by atoms with E-state index in [2.05, 4.69) is 15.4 Å². The van der Waals surface area contributed by atoms with Crippen LogP contribution in [0.3, 0.4) is 0 Å². The first-order valence-corrected chi connectivity index (χ1v) is 9.58. The van der Waals surface area contributed by atoms with Crippen LogP contribution in [0.1, 0.15) is 25.5 Å². The topological polar surface area (TPSA) is 86.1 Å². The second-order valence-corrected chi connectivity index (χ2v) is 6.79. The smallest absolute Gasteiger partial charge is 0.306 e. The Balaban J connectivity index is 1.74. The van der Waals surface area contributed by atoms with E-state index in [9.17, 15) is 14.0 Å². The Hall–Kier alpha value is -3.07. The lowest BCUT2D eigenvalue weighted by Gasteiger charge is -2.06. The number of anilines is 1. The van der Waals surface area contributed by atoms with Crippen LogP contribution in [0, 0.1) is 12.7 Å². The van der Waals surface area contributed by atoms with Gasteiger partial charge in [0.05, 0.1) is 24.4 Å². The summed E-state index contributed by atoms with van der Waals surface area (Å²) in [5.74, 6) is -0.572. The summed E-state index contributed by atoms with van der Waals surface area (Å²) in [6, 6.07) is 7.78. The normalized spacial score (nSPS) is 10.7. The zero-order chi connectivity index (χ0) is 20.1. The van der Waals surface area contributed by atoms with Crippen LogP contribution in [-0.2, 0) is 14.3 Å². The molecule has 0 radical (unpaired) electrons. The minimum absolute atomic E-state index is 0.0127.